The third kappa shape index (κ3) is 8.88. The van der Waals surface area contributed by atoms with Crippen LogP contribution in [0.4, 0.5) is 0 Å². The second-order valence-corrected chi connectivity index (χ2v) is 12.3. The SMILES string of the molecule is CCOC(=O)CCC(=O)c1cc2cc(O)c(OCCCOc3cc4cc(C(=O)N(C)CCC(=O)OCC)sc4cc3OC)cc2s1. The molecule has 0 saturated carbocycles. The molecule has 4 rings (SSSR count). The van der Waals surface area contributed by atoms with Crippen LogP contribution in [0, 0.1) is 0 Å². The molecule has 246 valence electrons. The number of hydrogen-bond acceptors (Lipinski definition) is 12. The lowest BCUT2D eigenvalue weighted by atomic mass is 10.1. The monoisotopic (exact) mass is 671 g/mol. The standard InChI is InChI=1S/C33H37NO10S2/c1-5-41-31(37)9-8-22(35)29-16-20-14-23(36)24(18-27(20)45-29)43-12-7-13-44-26-15-21-17-30(46-28(21)19-25(26)40-4)33(39)34(3)11-10-32(38)42-6-2/h14-19,36H,5-13H2,1-4H3. The van der Waals surface area contributed by atoms with Crippen molar-refractivity contribution in [2.75, 3.05) is 47.1 Å². The highest BCUT2D eigenvalue weighted by molar-refractivity contribution is 7.21. The first-order chi connectivity index (χ1) is 22.1. The summed E-state index contributed by atoms with van der Waals surface area (Å²) >= 11 is 2.61. The zero-order valence-electron chi connectivity index (χ0n) is 26.2. The zero-order valence-corrected chi connectivity index (χ0v) is 27.8. The van der Waals surface area contributed by atoms with E-state index in [9.17, 15) is 24.3 Å². The van der Waals surface area contributed by atoms with E-state index in [4.69, 9.17) is 23.7 Å². The van der Waals surface area contributed by atoms with Gasteiger partial charge >= 0.3 is 11.9 Å². The maximum absolute atomic E-state index is 12.9. The van der Waals surface area contributed by atoms with Crippen molar-refractivity contribution in [1.82, 2.24) is 4.90 Å². The van der Waals surface area contributed by atoms with Gasteiger partial charge in [0.25, 0.3) is 5.91 Å². The smallest absolute Gasteiger partial charge is 0.307 e. The third-order valence-electron chi connectivity index (χ3n) is 6.85. The Morgan fingerprint density at radius 3 is 2.00 bits per heavy atom. The van der Waals surface area contributed by atoms with Crippen LogP contribution >= 0.6 is 22.7 Å². The van der Waals surface area contributed by atoms with E-state index in [1.807, 2.05) is 12.1 Å². The number of phenols is 1. The average Bonchev–Trinajstić information content (AvgIpc) is 3.65. The minimum Gasteiger partial charge on any atom is -0.504 e. The van der Waals surface area contributed by atoms with Crippen LogP contribution in [0.1, 0.15) is 58.9 Å². The number of ether oxygens (including phenoxy) is 5. The van der Waals surface area contributed by atoms with Crippen LogP contribution in [-0.2, 0) is 19.1 Å². The van der Waals surface area contributed by atoms with E-state index in [2.05, 4.69) is 0 Å². The third-order valence-corrected chi connectivity index (χ3v) is 9.08. The summed E-state index contributed by atoms with van der Waals surface area (Å²) < 4.78 is 28.8. The molecule has 0 unspecified atom stereocenters. The number of thiophene rings is 2. The summed E-state index contributed by atoms with van der Waals surface area (Å²) in [6, 6.07) is 10.4. The van der Waals surface area contributed by atoms with Crippen molar-refractivity contribution in [1.29, 1.82) is 0 Å². The number of amides is 1. The van der Waals surface area contributed by atoms with Gasteiger partial charge in [0.15, 0.2) is 28.8 Å². The van der Waals surface area contributed by atoms with Crippen molar-refractivity contribution < 1.29 is 48.0 Å². The Morgan fingerprint density at radius 2 is 1.33 bits per heavy atom. The second-order valence-electron chi connectivity index (χ2n) is 10.2. The molecule has 4 aromatic rings. The van der Waals surface area contributed by atoms with Crippen LogP contribution in [0.2, 0.25) is 0 Å². The molecule has 0 fully saturated rings. The Bertz CT molecular complexity index is 1710. The fourth-order valence-corrected chi connectivity index (χ4v) is 6.62. The molecule has 0 bridgehead atoms. The van der Waals surface area contributed by atoms with E-state index in [1.165, 1.54) is 27.6 Å². The summed E-state index contributed by atoms with van der Waals surface area (Å²) in [5.74, 6) is 0.191. The van der Waals surface area contributed by atoms with Gasteiger partial charge in [-0.25, -0.2) is 0 Å². The van der Waals surface area contributed by atoms with Gasteiger partial charge in [0.2, 0.25) is 0 Å². The number of rotatable bonds is 17. The number of aromatic hydroxyl groups is 1. The molecule has 2 heterocycles. The lowest BCUT2D eigenvalue weighted by Gasteiger charge is -2.15. The van der Waals surface area contributed by atoms with E-state index in [0.29, 0.717) is 52.0 Å². The maximum atomic E-state index is 12.9. The Balaban J connectivity index is 1.31. The van der Waals surface area contributed by atoms with Crippen molar-refractivity contribution in [3.8, 4) is 23.0 Å². The largest absolute Gasteiger partial charge is 0.504 e. The summed E-state index contributed by atoms with van der Waals surface area (Å²) in [6.07, 6.45) is 0.702. The second kappa shape index (κ2) is 16.3. The maximum Gasteiger partial charge on any atom is 0.307 e. The molecule has 13 heteroatoms. The summed E-state index contributed by atoms with van der Waals surface area (Å²) in [5, 5.41) is 12.0. The highest BCUT2D eigenvalue weighted by Gasteiger charge is 2.19. The minimum absolute atomic E-state index is 0.0215. The molecular weight excluding hydrogens is 634 g/mol. The number of carbonyl (C=O) groups excluding carboxylic acids is 4. The number of esters is 2. The molecule has 1 N–H and O–H groups in total. The Labute approximate surface area is 274 Å². The lowest BCUT2D eigenvalue weighted by molar-refractivity contribution is -0.144. The van der Waals surface area contributed by atoms with Crippen molar-refractivity contribution >= 4 is 66.5 Å². The molecule has 11 nitrogen and oxygen atoms in total. The van der Waals surface area contributed by atoms with Crippen LogP contribution in [0.3, 0.4) is 0 Å². The molecule has 0 aliphatic rings. The summed E-state index contributed by atoms with van der Waals surface area (Å²) in [6.45, 7) is 4.84. The van der Waals surface area contributed by atoms with Gasteiger partial charge in [-0.1, -0.05) is 0 Å². The van der Waals surface area contributed by atoms with Gasteiger partial charge in [-0.2, -0.15) is 0 Å². The van der Waals surface area contributed by atoms with Crippen molar-refractivity contribution in [2.24, 2.45) is 0 Å². The zero-order chi connectivity index (χ0) is 33.2. The number of benzene rings is 2. The molecule has 0 spiro atoms. The van der Waals surface area contributed by atoms with E-state index in [0.717, 1.165) is 14.8 Å². The number of phenolic OH excluding ortho intramolecular Hbond substituents is 1. The highest BCUT2D eigenvalue weighted by atomic mass is 32.1. The molecule has 2 aromatic heterocycles. The highest BCUT2D eigenvalue weighted by Crippen LogP contribution is 2.38. The van der Waals surface area contributed by atoms with E-state index >= 15 is 0 Å². The summed E-state index contributed by atoms with van der Waals surface area (Å²) in [5.41, 5.74) is 0. The molecule has 0 aliphatic carbocycles. The summed E-state index contributed by atoms with van der Waals surface area (Å²) in [7, 11) is 3.19. The van der Waals surface area contributed by atoms with Crippen molar-refractivity contribution in [2.45, 2.75) is 39.5 Å². The Hall–Kier alpha value is -4.36. The van der Waals surface area contributed by atoms with Crippen LogP contribution < -0.4 is 14.2 Å². The van der Waals surface area contributed by atoms with Gasteiger partial charge in [0.1, 0.15) is 0 Å². The number of carbonyl (C=O) groups is 4. The number of nitrogens with zero attached hydrogens (tertiary/aromatic N) is 1. The van der Waals surface area contributed by atoms with Crippen LogP contribution in [0.15, 0.2) is 36.4 Å². The fraction of sp³-hybridized carbons (Fsp3) is 0.394. The predicted octanol–water partition coefficient (Wildman–Crippen LogP) is 6.23. The summed E-state index contributed by atoms with van der Waals surface area (Å²) in [4.78, 5) is 51.3. The first-order valence-corrected chi connectivity index (χ1v) is 16.5. The molecular formula is C33H37NO10S2. The quantitative estimate of drug-likeness (QED) is 0.0781. The van der Waals surface area contributed by atoms with Gasteiger partial charge in [-0.3, -0.25) is 19.2 Å². The molecule has 46 heavy (non-hydrogen) atoms. The van der Waals surface area contributed by atoms with Gasteiger partial charge in [-0.05, 0) is 48.9 Å². The molecule has 0 aliphatic heterocycles. The van der Waals surface area contributed by atoms with Gasteiger partial charge in [0, 0.05) is 48.0 Å². The van der Waals surface area contributed by atoms with E-state index in [1.54, 1.807) is 52.3 Å². The molecule has 0 saturated heterocycles. The van der Waals surface area contributed by atoms with Gasteiger partial charge in [0.05, 0.1) is 56.1 Å². The Kier molecular flexibility index (Phi) is 12.2. The number of Topliss-reactive ketones (excluding diaryl/α,β-unsaturated/α-hetero) is 1. The fourth-order valence-electron chi connectivity index (χ4n) is 4.51. The predicted molar refractivity (Wildman–Crippen MR) is 176 cm³/mol. The lowest BCUT2D eigenvalue weighted by Crippen LogP contribution is -2.28. The van der Waals surface area contributed by atoms with Crippen LogP contribution in [0.5, 0.6) is 23.0 Å². The molecule has 1 amide bonds. The average molecular weight is 672 g/mol. The van der Waals surface area contributed by atoms with Crippen LogP contribution in [0.25, 0.3) is 20.2 Å². The number of fused-ring (bicyclic) bond motifs is 2. The molecule has 0 atom stereocenters. The first kappa shape index (κ1) is 34.5. The van der Waals surface area contributed by atoms with E-state index in [-0.39, 0.29) is 62.4 Å². The number of ketones is 1. The van der Waals surface area contributed by atoms with Gasteiger partial charge < -0.3 is 33.7 Å². The first-order valence-electron chi connectivity index (χ1n) is 14.9. The van der Waals surface area contributed by atoms with Gasteiger partial charge in [-0.15, -0.1) is 22.7 Å². The number of hydrogen-bond donors (Lipinski definition) is 1. The van der Waals surface area contributed by atoms with Crippen molar-refractivity contribution in [3.63, 3.8) is 0 Å². The van der Waals surface area contributed by atoms with E-state index < -0.39 is 5.97 Å². The molecule has 0 radical (unpaired) electrons. The van der Waals surface area contributed by atoms with Crippen LogP contribution in [-0.4, -0.2) is 80.8 Å². The normalized spacial score (nSPS) is 11.0. The van der Waals surface area contributed by atoms with Crippen molar-refractivity contribution in [3.05, 3.63) is 46.2 Å². The Morgan fingerprint density at radius 1 is 0.739 bits per heavy atom. The topological polar surface area (TPSA) is 138 Å². The molecule has 2 aromatic carbocycles. The number of methoxy groups -OCH3 is 1. The minimum atomic E-state index is -0.408.